The molecule has 0 aromatic carbocycles. The Morgan fingerprint density at radius 2 is 2.00 bits per heavy atom. The summed E-state index contributed by atoms with van der Waals surface area (Å²) in [6, 6.07) is 0. The Kier molecular flexibility index (Phi) is 4.96. The Morgan fingerprint density at radius 3 is 2.56 bits per heavy atom. The molecular weight excluding hydrogens is 212 g/mol. The lowest BCUT2D eigenvalue weighted by molar-refractivity contribution is 0.531. The van der Waals surface area contributed by atoms with Crippen molar-refractivity contribution in [2.75, 3.05) is 5.75 Å². The molecule has 1 atom stereocenters. The molecule has 0 bridgehead atoms. The Balaban J connectivity index is 3.03. The minimum absolute atomic E-state index is 0.176. The van der Waals surface area contributed by atoms with Crippen LogP contribution in [0.5, 0.6) is 0 Å². The fraction of sp³-hybridized carbons (Fsp3) is 0.467. The van der Waals surface area contributed by atoms with Crippen LogP contribution in [0.2, 0.25) is 0 Å². The fourth-order valence-electron chi connectivity index (χ4n) is 1.59. The lowest BCUT2D eigenvalue weighted by Gasteiger charge is -2.18. The number of terminal acetylenes is 1. The van der Waals surface area contributed by atoms with Gasteiger partial charge in [-0.1, -0.05) is 45.1 Å². The Bertz CT molecular complexity index is 365. The molecule has 1 unspecified atom stereocenters. The Labute approximate surface area is 104 Å². The highest BCUT2D eigenvalue weighted by atomic mass is 32.2. The van der Waals surface area contributed by atoms with E-state index in [1.165, 1.54) is 10.5 Å². The van der Waals surface area contributed by atoms with Crippen molar-refractivity contribution in [1.29, 1.82) is 0 Å². The first-order valence-corrected chi connectivity index (χ1v) is 6.81. The molecule has 1 heteroatoms. The summed E-state index contributed by atoms with van der Waals surface area (Å²) in [6.07, 6.45) is 16.3. The van der Waals surface area contributed by atoms with E-state index >= 15 is 0 Å². The van der Waals surface area contributed by atoms with E-state index in [1.807, 2.05) is 11.8 Å². The van der Waals surface area contributed by atoms with E-state index in [0.717, 1.165) is 18.6 Å². The highest BCUT2D eigenvalue weighted by molar-refractivity contribution is 8.03. The second-order valence-corrected chi connectivity index (χ2v) is 5.54. The van der Waals surface area contributed by atoms with Crippen LogP contribution in [-0.2, 0) is 0 Å². The summed E-state index contributed by atoms with van der Waals surface area (Å²) in [4.78, 5) is 1.33. The average molecular weight is 232 g/mol. The maximum Gasteiger partial charge on any atom is 0.0348 e. The zero-order valence-corrected chi connectivity index (χ0v) is 11.2. The summed E-state index contributed by atoms with van der Waals surface area (Å²) in [5.74, 6) is 3.83. The first-order chi connectivity index (χ1) is 7.65. The van der Waals surface area contributed by atoms with E-state index in [0.29, 0.717) is 0 Å². The van der Waals surface area contributed by atoms with Crippen LogP contribution in [0, 0.1) is 17.8 Å². The molecule has 0 radical (unpaired) electrons. The van der Waals surface area contributed by atoms with Gasteiger partial charge in [0.25, 0.3) is 0 Å². The third kappa shape index (κ3) is 3.32. The second-order valence-electron chi connectivity index (χ2n) is 4.23. The summed E-state index contributed by atoms with van der Waals surface area (Å²) in [5, 5.41) is 0. The summed E-state index contributed by atoms with van der Waals surface area (Å²) in [6.45, 7) is 6.65. The van der Waals surface area contributed by atoms with Crippen molar-refractivity contribution in [3.8, 4) is 12.3 Å². The molecule has 0 fully saturated rings. The molecule has 0 spiro atoms. The topological polar surface area (TPSA) is 0 Å². The van der Waals surface area contributed by atoms with E-state index in [-0.39, 0.29) is 5.41 Å². The van der Waals surface area contributed by atoms with E-state index in [2.05, 4.69) is 51.0 Å². The number of rotatable bonds is 4. The van der Waals surface area contributed by atoms with Crippen LogP contribution in [-0.4, -0.2) is 5.75 Å². The molecule has 0 aromatic rings. The molecule has 0 N–H and O–H groups in total. The van der Waals surface area contributed by atoms with Crippen molar-refractivity contribution in [1.82, 2.24) is 0 Å². The normalized spacial score (nSPS) is 24.4. The van der Waals surface area contributed by atoms with E-state index in [1.54, 1.807) is 0 Å². The molecule has 0 amide bonds. The lowest BCUT2D eigenvalue weighted by Crippen LogP contribution is -2.06. The van der Waals surface area contributed by atoms with Crippen molar-refractivity contribution < 1.29 is 0 Å². The molecular formula is C15H20S. The molecule has 1 aliphatic rings. The van der Waals surface area contributed by atoms with Crippen molar-refractivity contribution in [3.63, 3.8) is 0 Å². The maximum absolute atomic E-state index is 5.42. The van der Waals surface area contributed by atoms with Gasteiger partial charge in [0, 0.05) is 16.7 Å². The molecule has 86 valence electrons. The minimum atomic E-state index is 0.176. The van der Waals surface area contributed by atoms with E-state index in [9.17, 15) is 0 Å². The van der Waals surface area contributed by atoms with Gasteiger partial charge in [-0.2, -0.15) is 0 Å². The third-order valence-corrected chi connectivity index (χ3v) is 3.95. The van der Waals surface area contributed by atoms with Crippen molar-refractivity contribution in [3.05, 3.63) is 34.8 Å². The van der Waals surface area contributed by atoms with Crippen molar-refractivity contribution >= 4 is 11.8 Å². The van der Waals surface area contributed by atoms with Crippen LogP contribution in [0.4, 0.5) is 0 Å². The standard InChI is InChI=1S/C15H20S/c1-5-8-13-9-11-15(4,6-2)12-10-14(13)16-7-3/h1,9-12H,6-8H2,2-4H3. The van der Waals surface area contributed by atoms with E-state index in [4.69, 9.17) is 6.42 Å². The first kappa shape index (κ1) is 13.2. The van der Waals surface area contributed by atoms with Crippen LogP contribution < -0.4 is 0 Å². The monoisotopic (exact) mass is 232 g/mol. The van der Waals surface area contributed by atoms with Crippen LogP contribution in [0.25, 0.3) is 0 Å². The Hall–Kier alpha value is -0.870. The van der Waals surface area contributed by atoms with Crippen molar-refractivity contribution in [2.45, 2.75) is 33.6 Å². The van der Waals surface area contributed by atoms with Gasteiger partial charge >= 0.3 is 0 Å². The quantitative estimate of drug-likeness (QED) is 0.640. The van der Waals surface area contributed by atoms with Gasteiger partial charge < -0.3 is 0 Å². The average Bonchev–Trinajstić information content (AvgIpc) is 2.44. The van der Waals surface area contributed by atoms with Gasteiger partial charge in [0.05, 0.1) is 0 Å². The highest BCUT2D eigenvalue weighted by Crippen LogP contribution is 2.33. The van der Waals surface area contributed by atoms with Crippen LogP contribution in [0.1, 0.15) is 33.6 Å². The van der Waals surface area contributed by atoms with Crippen LogP contribution in [0.3, 0.4) is 0 Å². The fourth-order valence-corrected chi connectivity index (χ4v) is 2.39. The number of hydrogen-bond donors (Lipinski definition) is 0. The van der Waals surface area contributed by atoms with Crippen LogP contribution in [0.15, 0.2) is 34.8 Å². The third-order valence-electron chi connectivity index (χ3n) is 2.95. The molecule has 0 aliphatic heterocycles. The smallest absolute Gasteiger partial charge is 0.0348 e. The molecule has 0 saturated carbocycles. The molecule has 0 heterocycles. The molecule has 16 heavy (non-hydrogen) atoms. The summed E-state index contributed by atoms with van der Waals surface area (Å²) < 4.78 is 0. The predicted molar refractivity (Wildman–Crippen MR) is 75.3 cm³/mol. The molecule has 0 saturated heterocycles. The molecule has 1 rings (SSSR count). The Morgan fingerprint density at radius 1 is 1.31 bits per heavy atom. The summed E-state index contributed by atoms with van der Waals surface area (Å²) >= 11 is 1.87. The number of hydrogen-bond acceptors (Lipinski definition) is 1. The zero-order valence-electron chi connectivity index (χ0n) is 10.4. The van der Waals surface area contributed by atoms with Gasteiger partial charge in [0.2, 0.25) is 0 Å². The van der Waals surface area contributed by atoms with E-state index < -0.39 is 0 Å². The number of allylic oxidation sites excluding steroid dienone is 5. The van der Waals surface area contributed by atoms with Gasteiger partial charge in [-0.15, -0.1) is 24.1 Å². The molecule has 0 nitrogen and oxygen atoms in total. The zero-order chi connectivity index (χ0) is 12.0. The second kappa shape index (κ2) is 6.01. The summed E-state index contributed by atoms with van der Waals surface area (Å²) in [7, 11) is 0. The molecule has 1 aliphatic carbocycles. The molecule has 0 aromatic heterocycles. The summed E-state index contributed by atoms with van der Waals surface area (Å²) in [5.41, 5.74) is 1.46. The van der Waals surface area contributed by atoms with Gasteiger partial charge in [-0.25, -0.2) is 0 Å². The van der Waals surface area contributed by atoms with Gasteiger partial charge in [-0.05, 0) is 17.7 Å². The maximum atomic E-state index is 5.42. The minimum Gasteiger partial charge on any atom is -0.126 e. The van der Waals surface area contributed by atoms with Crippen molar-refractivity contribution in [2.24, 2.45) is 5.41 Å². The van der Waals surface area contributed by atoms with Gasteiger partial charge in [0.15, 0.2) is 0 Å². The lowest BCUT2D eigenvalue weighted by atomic mass is 9.87. The SMILES string of the molecule is C#CCC1=C(SCC)C=CC(C)(CC)C=C1. The van der Waals surface area contributed by atoms with Gasteiger partial charge in [0.1, 0.15) is 0 Å². The largest absolute Gasteiger partial charge is 0.126 e. The highest BCUT2D eigenvalue weighted by Gasteiger charge is 2.17. The van der Waals surface area contributed by atoms with Gasteiger partial charge in [-0.3, -0.25) is 0 Å². The first-order valence-electron chi connectivity index (χ1n) is 5.83. The predicted octanol–water partition coefficient (Wildman–Crippen LogP) is 4.56. The number of thioether (sulfide) groups is 1. The van der Waals surface area contributed by atoms with Crippen LogP contribution >= 0.6 is 11.8 Å².